The highest BCUT2D eigenvalue weighted by atomic mass is 16.3. The summed E-state index contributed by atoms with van der Waals surface area (Å²) in [6.45, 7) is 0. The van der Waals surface area contributed by atoms with Gasteiger partial charge in [-0.2, -0.15) is 0 Å². The van der Waals surface area contributed by atoms with Crippen LogP contribution in [0.2, 0.25) is 0 Å². The molecule has 1 aromatic heterocycles. The quantitative estimate of drug-likeness (QED) is 0.747. The normalized spacial score (nSPS) is 21.3. The molecule has 2 rings (SSSR count). The van der Waals surface area contributed by atoms with Crippen molar-refractivity contribution in [2.45, 2.75) is 38.2 Å². The maximum absolute atomic E-state index is 9.68. The number of aromatic nitrogens is 1. The minimum Gasteiger partial charge on any atom is -0.389 e. The van der Waals surface area contributed by atoms with Crippen LogP contribution in [0.4, 0.5) is 5.82 Å². The Morgan fingerprint density at radius 3 is 3.12 bits per heavy atom. The lowest BCUT2D eigenvalue weighted by Crippen LogP contribution is -2.03. The highest BCUT2D eigenvalue weighted by Gasteiger charge is 2.10. The third-order valence-corrected chi connectivity index (χ3v) is 3.02. The molecule has 0 bridgehead atoms. The van der Waals surface area contributed by atoms with Crippen molar-refractivity contribution in [3.63, 3.8) is 0 Å². The van der Waals surface area contributed by atoms with Gasteiger partial charge in [0, 0.05) is 6.20 Å². The maximum Gasteiger partial charge on any atom is 0.126 e. The monoisotopic (exact) mass is 218 g/mol. The van der Waals surface area contributed by atoms with Crippen LogP contribution in [0.3, 0.4) is 0 Å². The first-order valence-electron chi connectivity index (χ1n) is 5.82. The summed E-state index contributed by atoms with van der Waals surface area (Å²) in [6.07, 6.45) is 8.42. The predicted molar refractivity (Wildman–Crippen MR) is 64.9 cm³/mol. The highest BCUT2D eigenvalue weighted by molar-refractivity contribution is 5.41. The summed E-state index contributed by atoms with van der Waals surface area (Å²) in [5.41, 5.74) is 8.15. The Labute approximate surface area is 96.0 Å². The van der Waals surface area contributed by atoms with Gasteiger partial charge in [-0.1, -0.05) is 24.1 Å². The molecule has 0 saturated heterocycles. The van der Waals surface area contributed by atoms with Gasteiger partial charge in [0.15, 0.2) is 0 Å². The van der Waals surface area contributed by atoms with Gasteiger partial charge in [0.2, 0.25) is 0 Å². The van der Waals surface area contributed by atoms with E-state index in [1.807, 2.05) is 18.2 Å². The molecule has 0 spiro atoms. The van der Waals surface area contributed by atoms with E-state index in [1.54, 1.807) is 6.20 Å². The number of pyridine rings is 1. The molecular weight excluding hydrogens is 200 g/mol. The summed E-state index contributed by atoms with van der Waals surface area (Å²) < 4.78 is 0. The second-order valence-corrected chi connectivity index (χ2v) is 4.36. The van der Waals surface area contributed by atoms with E-state index in [0.29, 0.717) is 5.82 Å². The number of rotatable bonds is 2. The number of nitrogens with zero attached hydrogens (tertiary/aromatic N) is 1. The molecule has 1 atom stereocenters. The zero-order valence-electron chi connectivity index (χ0n) is 9.39. The lowest BCUT2D eigenvalue weighted by atomic mass is 10.0. The van der Waals surface area contributed by atoms with Gasteiger partial charge < -0.3 is 10.8 Å². The fraction of sp³-hybridized carbons (Fsp3) is 0.462. The molecule has 16 heavy (non-hydrogen) atoms. The summed E-state index contributed by atoms with van der Waals surface area (Å²) in [5.74, 6) is 0.599. The Hall–Kier alpha value is -1.35. The Bertz CT molecular complexity index is 387. The van der Waals surface area contributed by atoms with Gasteiger partial charge in [0.05, 0.1) is 6.10 Å². The number of nitrogens with two attached hydrogens (primary N) is 1. The summed E-state index contributed by atoms with van der Waals surface area (Å²) in [5, 5.41) is 9.68. The van der Waals surface area contributed by atoms with E-state index in [0.717, 1.165) is 37.7 Å². The van der Waals surface area contributed by atoms with Crippen LogP contribution in [0.15, 0.2) is 30.0 Å². The van der Waals surface area contributed by atoms with Gasteiger partial charge in [-0.3, -0.25) is 0 Å². The zero-order chi connectivity index (χ0) is 11.4. The van der Waals surface area contributed by atoms with Crippen molar-refractivity contribution >= 4 is 5.82 Å². The summed E-state index contributed by atoms with van der Waals surface area (Å²) >= 11 is 0. The number of anilines is 1. The largest absolute Gasteiger partial charge is 0.389 e. The molecule has 1 heterocycles. The lowest BCUT2D eigenvalue weighted by Gasteiger charge is -2.08. The molecule has 1 unspecified atom stereocenters. The fourth-order valence-corrected chi connectivity index (χ4v) is 2.14. The van der Waals surface area contributed by atoms with Crippen LogP contribution in [-0.4, -0.2) is 16.2 Å². The summed E-state index contributed by atoms with van der Waals surface area (Å²) in [7, 11) is 0. The number of hydrogen-bond donors (Lipinski definition) is 2. The summed E-state index contributed by atoms with van der Waals surface area (Å²) in [6, 6.07) is 3.90. The van der Waals surface area contributed by atoms with Crippen molar-refractivity contribution in [2.75, 3.05) is 5.73 Å². The standard InChI is InChI=1S/C13H18N2O/c14-13-11(5-3-7-15-13)8-10-4-1-2-6-12(16)9-10/h3,5,7,9,12,16H,1-2,4,6,8H2,(H2,14,15). The average molecular weight is 218 g/mol. The van der Waals surface area contributed by atoms with Crippen molar-refractivity contribution < 1.29 is 5.11 Å². The number of aliphatic hydroxyl groups excluding tert-OH is 1. The van der Waals surface area contributed by atoms with Crippen LogP contribution >= 0.6 is 0 Å². The van der Waals surface area contributed by atoms with E-state index in [-0.39, 0.29) is 6.10 Å². The third-order valence-electron chi connectivity index (χ3n) is 3.02. The van der Waals surface area contributed by atoms with Crippen LogP contribution < -0.4 is 5.73 Å². The first-order valence-corrected chi connectivity index (χ1v) is 5.82. The Balaban J connectivity index is 2.11. The Kier molecular flexibility index (Phi) is 3.57. The van der Waals surface area contributed by atoms with E-state index in [4.69, 9.17) is 5.73 Å². The van der Waals surface area contributed by atoms with E-state index in [1.165, 1.54) is 5.57 Å². The van der Waals surface area contributed by atoms with Gasteiger partial charge in [0.25, 0.3) is 0 Å². The first-order chi connectivity index (χ1) is 7.75. The van der Waals surface area contributed by atoms with E-state index in [9.17, 15) is 5.11 Å². The topological polar surface area (TPSA) is 59.1 Å². The zero-order valence-corrected chi connectivity index (χ0v) is 9.39. The number of allylic oxidation sites excluding steroid dienone is 1. The van der Waals surface area contributed by atoms with E-state index >= 15 is 0 Å². The first kappa shape index (κ1) is 11.1. The van der Waals surface area contributed by atoms with Crippen LogP contribution in [0, 0.1) is 0 Å². The third kappa shape index (κ3) is 2.83. The molecule has 0 aromatic carbocycles. The SMILES string of the molecule is Nc1ncccc1CC1=CC(O)CCCC1. The lowest BCUT2D eigenvalue weighted by molar-refractivity contribution is 0.211. The van der Waals surface area contributed by atoms with E-state index in [2.05, 4.69) is 4.98 Å². The molecule has 1 aliphatic carbocycles. The molecule has 3 nitrogen and oxygen atoms in total. The fourth-order valence-electron chi connectivity index (χ4n) is 2.14. The van der Waals surface area contributed by atoms with E-state index < -0.39 is 0 Å². The molecule has 0 fully saturated rings. The number of aliphatic hydroxyl groups is 1. The molecule has 0 radical (unpaired) electrons. The molecular formula is C13H18N2O. The second-order valence-electron chi connectivity index (χ2n) is 4.36. The van der Waals surface area contributed by atoms with Gasteiger partial charge in [-0.25, -0.2) is 4.98 Å². The number of nitrogen functional groups attached to an aromatic ring is 1. The molecule has 1 aromatic rings. The van der Waals surface area contributed by atoms with Gasteiger partial charge in [-0.15, -0.1) is 0 Å². The highest BCUT2D eigenvalue weighted by Crippen LogP contribution is 2.22. The summed E-state index contributed by atoms with van der Waals surface area (Å²) in [4.78, 5) is 4.08. The molecule has 0 saturated carbocycles. The van der Waals surface area contributed by atoms with Crippen molar-refractivity contribution in [1.82, 2.24) is 4.98 Å². The van der Waals surface area contributed by atoms with Gasteiger partial charge in [-0.05, 0) is 37.3 Å². The second kappa shape index (κ2) is 5.12. The van der Waals surface area contributed by atoms with Crippen LogP contribution in [0.25, 0.3) is 0 Å². The van der Waals surface area contributed by atoms with Gasteiger partial charge >= 0.3 is 0 Å². The Morgan fingerprint density at radius 1 is 1.44 bits per heavy atom. The maximum atomic E-state index is 9.68. The molecule has 3 heteroatoms. The number of hydrogen-bond acceptors (Lipinski definition) is 3. The van der Waals surface area contributed by atoms with Crippen LogP contribution in [0.1, 0.15) is 31.2 Å². The van der Waals surface area contributed by atoms with Crippen molar-refractivity contribution in [3.8, 4) is 0 Å². The minimum absolute atomic E-state index is 0.282. The smallest absolute Gasteiger partial charge is 0.126 e. The van der Waals surface area contributed by atoms with Crippen molar-refractivity contribution in [1.29, 1.82) is 0 Å². The molecule has 0 amide bonds. The van der Waals surface area contributed by atoms with Crippen molar-refractivity contribution in [2.24, 2.45) is 0 Å². The molecule has 3 N–H and O–H groups in total. The average Bonchev–Trinajstić information content (AvgIpc) is 2.46. The van der Waals surface area contributed by atoms with Crippen molar-refractivity contribution in [3.05, 3.63) is 35.5 Å². The predicted octanol–water partition coefficient (Wildman–Crippen LogP) is 2.07. The van der Waals surface area contributed by atoms with Crippen LogP contribution in [-0.2, 0) is 6.42 Å². The molecule has 86 valence electrons. The minimum atomic E-state index is -0.282. The molecule has 0 aliphatic heterocycles. The van der Waals surface area contributed by atoms with Crippen LogP contribution in [0.5, 0.6) is 0 Å². The van der Waals surface area contributed by atoms with Gasteiger partial charge in [0.1, 0.15) is 5.82 Å². The Morgan fingerprint density at radius 2 is 2.31 bits per heavy atom. The molecule has 1 aliphatic rings.